The van der Waals surface area contributed by atoms with Crippen LogP contribution in [0.3, 0.4) is 0 Å². The summed E-state index contributed by atoms with van der Waals surface area (Å²) < 4.78 is 16.9. The zero-order valence-corrected chi connectivity index (χ0v) is 25.0. The Morgan fingerprint density at radius 2 is 1.60 bits per heavy atom. The Labute approximate surface area is 249 Å². The lowest BCUT2D eigenvalue weighted by Crippen LogP contribution is -2.50. The van der Waals surface area contributed by atoms with E-state index in [0.29, 0.717) is 54.1 Å². The topological polar surface area (TPSA) is 101 Å². The second-order valence-electron chi connectivity index (χ2n) is 10.2. The lowest BCUT2D eigenvalue weighted by atomic mass is 9.93. The van der Waals surface area contributed by atoms with Crippen LogP contribution in [0, 0.1) is 0 Å². The van der Waals surface area contributed by atoms with Crippen molar-refractivity contribution in [1.82, 2.24) is 14.7 Å². The van der Waals surface area contributed by atoms with Gasteiger partial charge in [-0.25, -0.2) is 9.79 Å². The van der Waals surface area contributed by atoms with Crippen LogP contribution in [0.1, 0.15) is 37.4 Å². The number of carbonyl (C=O) groups is 3. The van der Waals surface area contributed by atoms with Crippen molar-refractivity contribution in [2.24, 2.45) is 4.99 Å². The fraction of sp³-hybridized carbons (Fsp3) is 0.355. The summed E-state index contributed by atoms with van der Waals surface area (Å²) in [6, 6.07) is 14.3. The highest BCUT2D eigenvalue weighted by atomic mass is 32.2. The quantitative estimate of drug-likeness (QED) is 0.424. The smallest absolute Gasteiger partial charge is 0.338 e. The number of amidine groups is 1. The molecule has 1 fully saturated rings. The summed E-state index contributed by atoms with van der Waals surface area (Å²) in [5.41, 5.74) is 3.25. The molecule has 0 aliphatic carbocycles. The summed E-state index contributed by atoms with van der Waals surface area (Å²) in [6.07, 6.45) is 0.120. The molecule has 5 rings (SSSR count). The average Bonchev–Trinajstić information content (AvgIpc) is 3.40. The Hall–Kier alpha value is -4.25. The number of fused-ring (bicyclic) bond motifs is 1. The number of carbonyl (C=O) groups excluding carboxylic acids is 3. The van der Waals surface area contributed by atoms with Crippen molar-refractivity contribution in [2.75, 3.05) is 40.4 Å². The number of ether oxygens (including phenoxy) is 3. The first kappa shape index (κ1) is 29.2. The minimum Gasteiger partial charge on any atom is -0.497 e. The standard InChI is InChI=1S/C31H34N4O6S/c1-20-28(30(38)41-18-22-8-6-5-7-9-22)29(23-14-25(39-3)17-26(15-23)40-4)35-24(19-42-31(35)32-20)16-27(37)34-12-10-33(11-13-34)21(2)36/h5-9,14-15,17,19,29H,10-13,16,18H2,1-4H3. The molecule has 10 nitrogen and oxygen atoms in total. The van der Waals surface area contributed by atoms with Gasteiger partial charge in [-0.3, -0.25) is 9.59 Å². The molecule has 0 bridgehead atoms. The predicted molar refractivity (Wildman–Crippen MR) is 160 cm³/mol. The highest BCUT2D eigenvalue weighted by Crippen LogP contribution is 2.46. The van der Waals surface area contributed by atoms with Crippen LogP contribution in [-0.4, -0.2) is 78.0 Å². The van der Waals surface area contributed by atoms with Gasteiger partial charge in [-0.2, -0.15) is 0 Å². The molecule has 2 amide bonds. The van der Waals surface area contributed by atoms with Crippen LogP contribution in [0.4, 0.5) is 0 Å². The fourth-order valence-corrected chi connectivity index (χ4v) is 6.24. The lowest BCUT2D eigenvalue weighted by Gasteiger charge is -2.38. The molecule has 0 aromatic heterocycles. The number of piperazine rings is 1. The first-order chi connectivity index (χ1) is 20.3. The molecule has 3 aliphatic heterocycles. The predicted octanol–water partition coefficient (Wildman–Crippen LogP) is 4.10. The molecule has 11 heteroatoms. The first-order valence-corrected chi connectivity index (χ1v) is 14.6. The molecule has 2 aromatic carbocycles. The third-order valence-electron chi connectivity index (χ3n) is 7.53. The molecule has 0 saturated carbocycles. The SMILES string of the molecule is COc1cc(OC)cc(C2C(C(=O)OCc3ccccc3)=C(C)N=C3SC=C(CC(=O)N4CCN(C(C)=O)CC4)N32)c1. The van der Waals surface area contributed by atoms with Gasteiger partial charge >= 0.3 is 5.97 Å². The monoisotopic (exact) mass is 590 g/mol. The maximum atomic E-state index is 13.8. The van der Waals surface area contributed by atoms with Crippen LogP contribution < -0.4 is 9.47 Å². The zero-order chi connectivity index (χ0) is 29.8. The van der Waals surface area contributed by atoms with E-state index in [-0.39, 0.29) is 24.8 Å². The maximum absolute atomic E-state index is 13.8. The largest absolute Gasteiger partial charge is 0.497 e. The fourth-order valence-electron chi connectivity index (χ4n) is 5.27. The molecule has 220 valence electrons. The minimum absolute atomic E-state index is 0.0107. The number of thioether (sulfide) groups is 1. The number of amides is 2. The molecule has 3 heterocycles. The van der Waals surface area contributed by atoms with Gasteiger partial charge in [0, 0.05) is 44.9 Å². The number of esters is 1. The lowest BCUT2D eigenvalue weighted by molar-refractivity contribution is -0.141. The van der Waals surface area contributed by atoms with E-state index >= 15 is 0 Å². The Kier molecular flexibility index (Phi) is 8.86. The van der Waals surface area contributed by atoms with Crippen LogP contribution in [0.25, 0.3) is 0 Å². The molecular weight excluding hydrogens is 556 g/mol. The minimum atomic E-state index is -0.631. The molecule has 1 unspecified atom stereocenters. The second-order valence-corrected chi connectivity index (χ2v) is 11.0. The Balaban J connectivity index is 1.46. The number of aliphatic imine (C=N–C) groups is 1. The van der Waals surface area contributed by atoms with Gasteiger partial charge in [0.2, 0.25) is 11.8 Å². The number of allylic oxidation sites excluding steroid dienone is 1. The van der Waals surface area contributed by atoms with E-state index in [9.17, 15) is 14.4 Å². The van der Waals surface area contributed by atoms with Crippen molar-refractivity contribution in [3.8, 4) is 11.5 Å². The number of hydrogen-bond donors (Lipinski definition) is 0. The van der Waals surface area contributed by atoms with E-state index in [4.69, 9.17) is 19.2 Å². The van der Waals surface area contributed by atoms with E-state index in [1.54, 1.807) is 43.9 Å². The van der Waals surface area contributed by atoms with Gasteiger partial charge in [0.25, 0.3) is 0 Å². The maximum Gasteiger partial charge on any atom is 0.338 e. The number of nitrogens with zero attached hydrogens (tertiary/aromatic N) is 4. The highest BCUT2D eigenvalue weighted by molar-refractivity contribution is 8.16. The van der Waals surface area contributed by atoms with E-state index in [1.165, 1.54) is 11.8 Å². The molecule has 1 saturated heterocycles. The van der Waals surface area contributed by atoms with Gasteiger partial charge < -0.3 is 28.9 Å². The van der Waals surface area contributed by atoms with Crippen LogP contribution >= 0.6 is 11.8 Å². The molecule has 0 spiro atoms. The van der Waals surface area contributed by atoms with Gasteiger partial charge in [0.05, 0.1) is 38.0 Å². The number of methoxy groups -OCH3 is 2. The van der Waals surface area contributed by atoms with Crippen molar-refractivity contribution in [3.05, 3.63) is 82.0 Å². The summed E-state index contributed by atoms with van der Waals surface area (Å²) in [7, 11) is 3.15. The first-order valence-electron chi connectivity index (χ1n) is 13.7. The molecule has 3 aliphatic rings. The van der Waals surface area contributed by atoms with Gasteiger partial charge in [-0.05, 0) is 35.6 Å². The van der Waals surface area contributed by atoms with Crippen LogP contribution in [0.2, 0.25) is 0 Å². The number of hydrogen-bond acceptors (Lipinski definition) is 9. The summed E-state index contributed by atoms with van der Waals surface area (Å²) in [6.45, 7) is 5.43. The van der Waals surface area contributed by atoms with E-state index in [1.807, 2.05) is 52.8 Å². The third kappa shape index (κ3) is 6.15. The summed E-state index contributed by atoms with van der Waals surface area (Å²) in [5.74, 6) is 0.609. The van der Waals surface area contributed by atoms with Crippen LogP contribution in [-0.2, 0) is 25.7 Å². The molecule has 2 aromatic rings. The van der Waals surface area contributed by atoms with E-state index in [0.717, 1.165) is 16.8 Å². The molecule has 0 radical (unpaired) electrons. The zero-order valence-electron chi connectivity index (χ0n) is 24.2. The molecular formula is C31H34N4O6S. The summed E-state index contributed by atoms with van der Waals surface area (Å²) >= 11 is 1.41. The number of rotatable bonds is 8. The average molecular weight is 591 g/mol. The Bertz CT molecular complexity index is 1440. The summed E-state index contributed by atoms with van der Waals surface area (Å²) in [5, 5.41) is 2.58. The molecule has 0 N–H and O–H groups in total. The Morgan fingerprint density at radius 3 is 2.21 bits per heavy atom. The van der Waals surface area contributed by atoms with Crippen LogP contribution in [0.15, 0.2) is 75.9 Å². The second kappa shape index (κ2) is 12.7. The van der Waals surface area contributed by atoms with E-state index < -0.39 is 12.0 Å². The van der Waals surface area contributed by atoms with Crippen molar-refractivity contribution in [2.45, 2.75) is 32.9 Å². The van der Waals surface area contributed by atoms with Gasteiger partial charge in [-0.1, -0.05) is 42.1 Å². The summed E-state index contributed by atoms with van der Waals surface area (Å²) in [4.78, 5) is 49.2. The number of benzene rings is 2. The van der Waals surface area contributed by atoms with Gasteiger partial charge in [0.15, 0.2) is 5.17 Å². The van der Waals surface area contributed by atoms with Crippen molar-refractivity contribution in [3.63, 3.8) is 0 Å². The van der Waals surface area contributed by atoms with Gasteiger partial charge in [-0.15, -0.1) is 0 Å². The third-order valence-corrected chi connectivity index (χ3v) is 8.42. The van der Waals surface area contributed by atoms with Crippen molar-refractivity contribution in [1.29, 1.82) is 0 Å². The highest BCUT2D eigenvalue weighted by Gasteiger charge is 2.42. The van der Waals surface area contributed by atoms with E-state index in [2.05, 4.69) is 0 Å². The van der Waals surface area contributed by atoms with Crippen molar-refractivity contribution >= 4 is 34.7 Å². The van der Waals surface area contributed by atoms with Crippen LogP contribution in [0.5, 0.6) is 11.5 Å². The Morgan fingerprint density at radius 1 is 0.952 bits per heavy atom. The van der Waals surface area contributed by atoms with Gasteiger partial charge in [0.1, 0.15) is 18.1 Å². The molecule has 1 atom stereocenters. The van der Waals surface area contributed by atoms with Crippen molar-refractivity contribution < 1.29 is 28.6 Å². The molecule has 42 heavy (non-hydrogen) atoms. The normalized spacial score (nSPS) is 18.3.